The van der Waals surface area contributed by atoms with E-state index in [1.165, 1.54) is 7.05 Å². The lowest BCUT2D eigenvalue weighted by molar-refractivity contribution is -0.135. The molecule has 24 heteroatoms. The lowest BCUT2D eigenvalue weighted by atomic mass is 9.99. The van der Waals surface area contributed by atoms with Crippen LogP contribution >= 0.6 is 0 Å². The van der Waals surface area contributed by atoms with Gasteiger partial charge >= 0.3 is 0 Å². The zero-order chi connectivity index (χ0) is 47.1. The number of nitrogens with one attached hydrogen (secondary N) is 5. The molecule has 3 heterocycles. The summed E-state index contributed by atoms with van der Waals surface area (Å²) in [4.78, 5) is 90.8. The minimum absolute atomic E-state index is 0.000147. The Morgan fingerprint density at radius 1 is 0.969 bits per heavy atom. The Morgan fingerprint density at radius 2 is 1.67 bits per heavy atom. The van der Waals surface area contributed by atoms with Crippen molar-refractivity contribution in [3.05, 3.63) is 34.9 Å². The molecule has 64 heavy (non-hydrogen) atoms. The fourth-order valence-corrected chi connectivity index (χ4v) is 7.39. The Bertz CT molecular complexity index is 1890. The van der Waals surface area contributed by atoms with E-state index < -0.39 is 117 Å². The van der Waals surface area contributed by atoms with Crippen molar-refractivity contribution in [2.45, 2.75) is 107 Å². The van der Waals surface area contributed by atoms with E-state index in [1.54, 1.807) is 17.0 Å². The molecule has 1 aromatic rings. The lowest BCUT2D eigenvalue weighted by Crippen LogP contribution is -2.50. The maximum Gasteiger partial charge on any atom is 0.268 e. The van der Waals surface area contributed by atoms with Gasteiger partial charge in [0.15, 0.2) is 0 Å². The number of hydrogen-bond donors (Lipinski definition) is 10. The summed E-state index contributed by atoms with van der Waals surface area (Å²) in [5, 5.41) is 69.4. The van der Waals surface area contributed by atoms with E-state index in [0.717, 1.165) is 21.6 Å². The predicted octanol–water partition coefficient (Wildman–Crippen LogP) is -4.21. The fraction of sp³-hybridized carbons (Fsp3) is 0.650. The highest BCUT2D eigenvalue weighted by Crippen LogP contribution is 2.34. The highest BCUT2D eigenvalue weighted by molar-refractivity contribution is 5.94. The SMILES string of the molecule is CNC(=O)[C@@H](CCC(=O)NC[C@H](O)[C@@H](O)[C@H](O)[C@H](O)CO)NC(=O)COCCOCCC(=O)NCc1cccc2c1CN(C(=O)C[C@@H]1C[C@@H](C(=O)N3CC(F)(F)C[C@H]3C#N)NC1=O)C2. The normalized spacial score (nSPS) is 21.1. The highest BCUT2D eigenvalue weighted by atomic mass is 19.3. The largest absolute Gasteiger partial charge is 0.394 e. The minimum Gasteiger partial charge on any atom is -0.394 e. The average Bonchev–Trinajstić information content (AvgIpc) is 3.98. The van der Waals surface area contributed by atoms with Crippen LogP contribution in [0.4, 0.5) is 8.78 Å². The number of carbonyl (C=O) groups excluding carboxylic acids is 7. The van der Waals surface area contributed by atoms with E-state index in [0.29, 0.717) is 0 Å². The molecule has 10 N–H and O–H groups in total. The van der Waals surface area contributed by atoms with Crippen LogP contribution in [0.2, 0.25) is 0 Å². The van der Waals surface area contributed by atoms with Gasteiger partial charge in [0.25, 0.3) is 5.92 Å². The summed E-state index contributed by atoms with van der Waals surface area (Å²) in [5.41, 5.74) is 2.48. The Hall–Kier alpha value is -5.42. The summed E-state index contributed by atoms with van der Waals surface area (Å²) >= 11 is 0. The molecule has 3 aliphatic rings. The highest BCUT2D eigenvalue weighted by Gasteiger charge is 2.50. The minimum atomic E-state index is -3.20. The molecule has 1 aromatic carbocycles. The Morgan fingerprint density at radius 3 is 2.38 bits per heavy atom. The molecule has 0 aliphatic carbocycles. The van der Waals surface area contributed by atoms with E-state index >= 15 is 0 Å². The Balaban J connectivity index is 1.09. The first-order chi connectivity index (χ1) is 30.4. The first kappa shape index (κ1) is 51.2. The van der Waals surface area contributed by atoms with Crippen molar-refractivity contribution in [2.24, 2.45) is 5.92 Å². The molecule has 2 saturated heterocycles. The molecule has 4 rings (SSSR count). The van der Waals surface area contributed by atoms with Crippen LogP contribution in [-0.2, 0) is 62.7 Å². The number of aliphatic hydroxyl groups excluding tert-OH is 5. The fourth-order valence-electron chi connectivity index (χ4n) is 7.39. The topological polar surface area (TPSA) is 330 Å². The van der Waals surface area contributed by atoms with Crippen molar-refractivity contribution in [2.75, 3.05) is 53.2 Å². The zero-order valence-electron chi connectivity index (χ0n) is 35.2. The maximum absolute atomic E-state index is 13.9. The molecule has 7 amide bonds. The number of ether oxygens (including phenoxy) is 2. The van der Waals surface area contributed by atoms with Crippen LogP contribution in [0.5, 0.6) is 0 Å². The molecule has 2 fully saturated rings. The number of likely N-dealkylation sites (tertiary alicyclic amines) is 1. The molecule has 0 saturated carbocycles. The third kappa shape index (κ3) is 14.6. The number of hydrogen-bond acceptors (Lipinski definition) is 15. The number of halogens is 2. The van der Waals surface area contributed by atoms with Crippen LogP contribution < -0.4 is 26.6 Å². The molecule has 0 bridgehead atoms. The van der Waals surface area contributed by atoms with Gasteiger partial charge in [-0.05, 0) is 29.5 Å². The second kappa shape index (κ2) is 24.0. The van der Waals surface area contributed by atoms with Gasteiger partial charge < -0.3 is 71.4 Å². The van der Waals surface area contributed by atoms with Crippen LogP contribution in [0.1, 0.15) is 55.2 Å². The summed E-state index contributed by atoms with van der Waals surface area (Å²) in [6.45, 7) is -2.06. The molecule has 0 spiro atoms. The molecular weight excluding hydrogens is 854 g/mol. The van der Waals surface area contributed by atoms with Crippen molar-refractivity contribution >= 4 is 41.4 Å². The second-order valence-corrected chi connectivity index (χ2v) is 15.7. The number of alkyl halides is 2. The lowest BCUT2D eigenvalue weighted by Gasteiger charge is -2.25. The van der Waals surface area contributed by atoms with E-state index in [2.05, 4.69) is 26.6 Å². The molecule has 8 atom stereocenters. The molecule has 0 unspecified atom stereocenters. The number of fused-ring (bicyclic) bond motifs is 1. The number of benzene rings is 1. The Kier molecular flexibility index (Phi) is 19.2. The summed E-state index contributed by atoms with van der Waals surface area (Å²) < 4.78 is 38.5. The van der Waals surface area contributed by atoms with Gasteiger partial charge in [-0.3, -0.25) is 33.6 Å². The summed E-state index contributed by atoms with van der Waals surface area (Å²) in [6.07, 6.45) is -8.60. The molecule has 354 valence electrons. The number of rotatable bonds is 24. The predicted molar refractivity (Wildman–Crippen MR) is 213 cm³/mol. The van der Waals surface area contributed by atoms with E-state index in [1.807, 2.05) is 12.1 Å². The van der Waals surface area contributed by atoms with E-state index in [4.69, 9.17) is 14.6 Å². The molecular formula is C40H56F2N8O14. The molecule has 3 aliphatic heterocycles. The third-order valence-electron chi connectivity index (χ3n) is 11.0. The number of aliphatic hydroxyl groups is 5. The molecule has 0 radical (unpaired) electrons. The van der Waals surface area contributed by atoms with Crippen LogP contribution in [0.25, 0.3) is 0 Å². The summed E-state index contributed by atoms with van der Waals surface area (Å²) in [7, 11) is 1.33. The zero-order valence-corrected chi connectivity index (χ0v) is 35.2. The number of nitriles is 1. The van der Waals surface area contributed by atoms with Gasteiger partial charge in [0.1, 0.15) is 43.0 Å². The van der Waals surface area contributed by atoms with Gasteiger partial charge in [0, 0.05) is 64.8 Å². The van der Waals surface area contributed by atoms with Crippen molar-refractivity contribution in [1.29, 1.82) is 5.26 Å². The smallest absolute Gasteiger partial charge is 0.268 e. The summed E-state index contributed by atoms with van der Waals surface area (Å²) in [6, 6.07) is 3.62. The van der Waals surface area contributed by atoms with Gasteiger partial charge in [-0.15, -0.1) is 0 Å². The first-order valence-corrected chi connectivity index (χ1v) is 20.7. The average molecular weight is 911 g/mol. The number of carbonyl (C=O) groups is 7. The van der Waals surface area contributed by atoms with Crippen molar-refractivity contribution in [3.8, 4) is 6.07 Å². The van der Waals surface area contributed by atoms with Crippen molar-refractivity contribution in [3.63, 3.8) is 0 Å². The van der Waals surface area contributed by atoms with E-state index in [9.17, 15) is 68.0 Å². The van der Waals surface area contributed by atoms with Crippen molar-refractivity contribution in [1.82, 2.24) is 36.4 Å². The monoisotopic (exact) mass is 910 g/mol. The van der Waals surface area contributed by atoms with Gasteiger partial charge in [0.2, 0.25) is 41.4 Å². The van der Waals surface area contributed by atoms with Crippen molar-refractivity contribution < 1.29 is 77.3 Å². The first-order valence-electron chi connectivity index (χ1n) is 20.7. The van der Waals surface area contributed by atoms with E-state index in [-0.39, 0.29) is 83.4 Å². The van der Waals surface area contributed by atoms with Crippen LogP contribution in [0, 0.1) is 17.2 Å². The van der Waals surface area contributed by atoms with Gasteiger partial charge in [-0.2, -0.15) is 5.26 Å². The Labute approximate surface area is 366 Å². The number of nitrogens with zero attached hydrogens (tertiary/aromatic N) is 3. The second-order valence-electron chi connectivity index (χ2n) is 15.7. The van der Waals surface area contributed by atoms with Gasteiger partial charge in [0.05, 0.1) is 45.1 Å². The van der Waals surface area contributed by atoms with Gasteiger partial charge in [-0.1, -0.05) is 18.2 Å². The molecule has 0 aromatic heterocycles. The standard InChI is InChI=1S/C40H56F2N8O14/c1-44-38(61)27(5-6-31(54)46-16-29(52)35(58)36(59)30(53)19-51)47-33(56)20-64-10-9-63-8-7-32(55)45-15-22-3-2-4-23-17-49(18-26(22)23)34(57)12-24-11-28(48-37(24)60)39(62)50-21-40(41,42)13-25(50)14-43/h2-4,24-25,27-30,35-36,51-53,58-59H,5-13,15-21H2,1H3,(H,44,61)(H,45,55)(H,46,54)(H,47,56)(H,48,60)/t24-,25-,27+,28-,29-,30+,35+,36+/m0/s1. The summed E-state index contributed by atoms with van der Waals surface area (Å²) in [5.74, 6) is -7.96. The van der Waals surface area contributed by atoms with Gasteiger partial charge in [-0.25, -0.2) is 8.78 Å². The van der Waals surface area contributed by atoms with Crippen LogP contribution in [0.3, 0.4) is 0 Å². The van der Waals surface area contributed by atoms with Crippen LogP contribution in [-0.4, -0.2) is 178 Å². The number of amides is 7. The molecule has 22 nitrogen and oxygen atoms in total. The van der Waals surface area contributed by atoms with Crippen LogP contribution in [0.15, 0.2) is 18.2 Å². The maximum atomic E-state index is 13.9. The quantitative estimate of drug-likeness (QED) is 0.0440. The third-order valence-corrected chi connectivity index (χ3v) is 11.0. The number of likely N-dealkylation sites (N-methyl/N-ethyl adjacent to an activating group) is 1.